The van der Waals surface area contributed by atoms with Crippen molar-refractivity contribution in [2.24, 2.45) is 5.92 Å². The maximum Gasteiger partial charge on any atom is 0.0897 e. The van der Waals surface area contributed by atoms with Crippen LogP contribution in [0.25, 0.3) is 0 Å². The fourth-order valence-electron chi connectivity index (χ4n) is 2.22. The summed E-state index contributed by atoms with van der Waals surface area (Å²) in [4.78, 5) is 4.46. The molecule has 0 radical (unpaired) electrons. The SMILES string of the molecule is Cc1nc(CCNCC2CCNC2C)cs1. The molecule has 90 valence electrons. The van der Waals surface area contributed by atoms with Gasteiger partial charge in [0.15, 0.2) is 0 Å². The van der Waals surface area contributed by atoms with Crippen LogP contribution in [0.15, 0.2) is 5.38 Å². The van der Waals surface area contributed by atoms with E-state index in [0.717, 1.165) is 25.4 Å². The van der Waals surface area contributed by atoms with E-state index in [0.29, 0.717) is 6.04 Å². The van der Waals surface area contributed by atoms with Crippen LogP contribution in [0.2, 0.25) is 0 Å². The molecule has 0 aromatic carbocycles. The zero-order valence-electron chi connectivity index (χ0n) is 10.1. The number of hydrogen-bond acceptors (Lipinski definition) is 4. The van der Waals surface area contributed by atoms with Crippen molar-refractivity contribution in [3.63, 3.8) is 0 Å². The van der Waals surface area contributed by atoms with Crippen LogP contribution in [0.4, 0.5) is 0 Å². The number of aryl methyl sites for hydroxylation is 1. The fraction of sp³-hybridized carbons (Fsp3) is 0.750. The number of hydrogen-bond donors (Lipinski definition) is 2. The van der Waals surface area contributed by atoms with Gasteiger partial charge in [0.05, 0.1) is 10.7 Å². The zero-order chi connectivity index (χ0) is 11.4. The fourth-order valence-corrected chi connectivity index (χ4v) is 2.87. The maximum absolute atomic E-state index is 4.46. The molecule has 16 heavy (non-hydrogen) atoms. The van der Waals surface area contributed by atoms with Gasteiger partial charge < -0.3 is 10.6 Å². The number of nitrogens with zero attached hydrogens (tertiary/aromatic N) is 1. The molecule has 1 aromatic rings. The van der Waals surface area contributed by atoms with Crippen LogP contribution in [0.1, 0.15) is 24.0 Å². The molecule has 2 N–H and O–H groups in total. The van der Waals surface area contributed by atoms with Crippen LogP contribution in [0.5, 0.6) is 0 Å². The van der Waals surface area contributed by atoms with E-state index in [1.54, 1.807) is 11.3 Å². The van der Waals surface area contributed by atoms with Crippen LogP contribution < -0.4 is 10.6 Å². The number of nitrogens with one attached hydrogen (secondary N) is 2. The molecule has 1 aromatic heterocycles. The zero-order valence-corrected chi connectivity index (χ0v) is 10.9. The summed E-state index contributed by atoms with van der Waals surface area (Å²) in [6, 6.07) is 0.675. The summed E-state index contributed by atoms with van der Waals surface area (Å²) in [5, 5.41) is 10.4. The van der Waals surface area contributed by atoms with Gasteiger partial charge in [-0.2, -0.15) is 0 Å². The lowest BCUT2D eigenvalue weighted by Gasteiger charge is -2.15. The molecule has 0 aliphatic carbocycles. The molecule has 0 amide bonds. The molecule has 1 aliphatic heterocycles. The van der Waals surface area contributed by atoms with E-state index in [1.165, 1.54) is 23.7 Å². The minimum absolute atomic E-state index is 0.675. The molecule has 1 fully saturated rings. The summed E-state index contributed by atoms with van der Waals surface area (Å²) >= 11 is 1.74. The Balaban J connectivity index is 1.61. The van der Waals surface area contributed by atoms with Crippen LogP contribution in [0.3, 0.4) is 0 Å². The number of thiazole rings is 1. The quantitative estimate of drug-likeness (QED) is 0.766. The third kappa shape index (κ3) is 3.27. The summed E-state index contributed by atoms with van der Waals surface area (Å²) in [6.07, 6.45) is 2.36. The first kappa shape index (κ1) is 12.0. The van der Waals surface area contributed by atoms with Crippen LogP contribution >= 0.6 is 11.3 Å². The van der Waals surface area contributed by atoms with Gasteiger partial charge in [-0.15, -0.1) is 11.3 Å². The highest BCUT2D eigenvalue weighted by Gasteiger charge is 2.21. The van der Waals surface area contributed by atoms with Gasteiger partial charge in [-0.1, -0.05) is 0 Å². The van der Waals surface area contributed by atoms with E-state index >= 15 is 0 Å². The smallest absolute Gasteiger partial charge is 0.0897 e. The monoisotopic (exact) mass is 239 g/mol. The Kier molecular flexibility index (Phi) is 4.32. The first-order chi connectivity index (χ1) is 7.75. The van der Waals surface area contributed by atoms with E-state index in [1.807, 2.05) is 0 Å². The van der Waals surface area contributed by atoms with Crippen molar-refractivity contribution in [1.29, 1.82) is 0 Å². The lowest BCUT2D eigenvalue weighted by molar-refractivity contribution is 0.441. The number of aromatic nitrogens is 1. The molecule has 2 rings (SSSR count). The van der Waals surface area contributed by atoms with Gasteiger partial charge in [0.1, 0.15) is 0 Å². The topological polar surface area (TPSA) is 37.0 Å². The van der Waals surface area contributed by atoms with E-state index in [4.69, 9.17) is 0 Å². The lowest BCUT2D eigenvalue weighted by atomic mass is 10.0. The second kappa shape index (κ2) is 5.75. The second-order valence-electron chi connectivity index (χ2n) is 4.60. The average molecular weight is 239 g/mol. The van der Waals surface area contributed by atoms with Crippen LogP contribution in [0, 0.1) is 12.8 Å². The van der Waals surface area contributed by atoms with Crippen molar-refractivity contribution in [1.82, 2.24) is 15.6 Å². The molecule has 4 heteroatoms. The first-order valence-corrected chi connectivity index (χ1v) is 6.99. The Bertz CT molecular complexity index is 324. The normalized spacial score (nSPS) is 25.1. The second-order valence-corrected chi connectivity index (χ2v) is 5.67. The Morgan fingerprint density at radius 3 is 3.12 bits per heavy atom. The van der Waals surface area contributed by atoms with E-state index in [-0.39, 0.29) is 0 Å². The van der Waals surface area contributed by atoms with Crippen molar-refractivity contribution in [2.45, 2.75) is 32.7 Å². The molecule has 1 saturated heterocycles. The third-order valence-electron chi connectivity index (χ3n) is 3.32. The van der Waals surface area contributed by atoms with Gasteiger partial charge in [-0.3, -0.25) is 0 Å². The van der Waals surface area contributed by atoms with Crippen molar-refractivity contribution in [3.8, 4) is 0 Å². The predicted octanol–water partition coefficient (Wildman–Crippen LogP) is 1.58. The Morgan fingerprint density at radius 2 is 2.50 bits per heavy atom. The highest BCUT2D eigenvalue weighted by molar-refractivity contribution is 7.09. The van der Waals surface area contributed by atoms with E-state index in [2.05, 4.69) is 34.8 Å². The molecule has 0 spiro atoms. The largest absolute Gasteiger partial charge is 0.316 e. The Labute approximate surface area is 102 Å². The van der Waals surface area contributed by atoms with E-state index in [9.17, 15) is 0 Å². The highest BCUT2D eigenvalue weighted by atomic mass is 32.1. The Hall–Kier alpha value is -0.450. The van der Waals surface area contributed by atoms with Crippen molar-refractivity contribution in [2.75, 3.05) is 19.6 Å². The summed E-state index contributed by atoms with van der Waals surface area (Å²) in [5.74, 6) is 0.803. The molecular weight excluding hydrogens is 218 g/mol. The van der Waals surface area contributed by atoms with Gasteiger partial charge in [0.25, 0.3) is 0 Å². The maximum atomic E-state index is 4.46. The molecular formula is C12H21N3S. The summed E-state index contributed by atoms with van der Waals surface area (Å²) in [5.41, 5.74) is 1.23. The lowest BCUT2D eigenvalue weighted by Crippen LogP contribution is -2.31. The summed E-state index contributed by atoms with van der Waals surface area (Å²) in [6.45, 7) is 7.71. The minimum atomic E-state index is 0.675. The molecule has 3 nitrogen and oxygen atoms in total. The molecule has 2 unspecified atom stereocenters. The molecule has 1 aliphatic rings. The first-order valence-electron chi connectivity index (χ1n) is 6.11. The van der Waals surface area contributed by atoms with E-state index < -0.39 is 0 Å². The predicted molar refractivity (Wildman–Crippen MR) is 69.0 cm³/mol. The molecule has 0 bridgehead atoms. The standard InChI is InChI=1S/C12H21N3S/c1-9-11(3-6-14-9)7-13-5-4-12-8-16-10(2)15-12/h8-9,11,13-14H,3-7H2,1-2H3. The van der Waals surface area contributed by atoms with Gasteiger partial charge >= 0.3 is 0 Å². The number of rotatable bonds is 5. The minimum Gasteiger partial charge on any atom is -0.316 e. The van der Waals surface area contributed by atoms with Crippen LogP contribution in [-0.2, 0) is 6.42 Å². The van der Waals surface area contributed by atoms with Crippen LogP contribution in [-0.4, -0.2) is 30.7 Å². The molecule has 0 saturated carbocycles. The van der Waals surface area contributed by atoms with Gasteiger partial charge in [0.2, 0.25) is 0 Å². The molecule has 2 atom stereocenters. The van der Waals surface area contributed by atoms with Gasteiger partial charge in [0, 0.05) is 24.4 Å². The van der Waals surface area contributed by atoms with Crippen molar-refractivity contribution in [3.05, 3.63) is 16.1 Å². The van der Waals surface area contributed by atoms with Gasteiger partial charge in [-0.05, 0) is 39.3 Å². The average Bonchev–Trinajstić information content (AvgIpc) is 2.83. The summed E-state index contributed by atoms with van der Waals surface area (Å²) in [7, 11) is 0. The van der Waals surface area contributed by atoms with Crippen molar-refractivity contribution >= 4 is 11.3 Å². The summed E-state index contributed by atoms with van der Waals surface area (Å²) < 4.78 is 0. The molecule has 2 heterocycles. The van der Waals surface area contributed by atoms with Gasteiger partial charge in [-0.25, -0.2) is 4.98 Å². The Morgan fingerprint density at radius 1 is 1.62 bits per heavy atom. The highest BCUT2D eigenvalue weighted by Crippen LogP contribution is 2.13. The third-order valence-corrected chi connectivity index (χ3v) is 4.14. The van der Waals surface area contributed by atoms with Crippen molar-refractivity contribution < 1.29 is 0 Å².